The van der Waals surface area contributed by atoms with Gasteiger partial charge < -0.3 is 19.7 Å². The SMILES string of the molecule is Cc1cc(C(=O)NCC(C(=O)O)C2CCOCC2)c(C)n1C(C)C. The summed E-state index contributed by atoms with van der Waals surface area (Å²) in [6.07, 6.45) is 1.46. The van der Waals surface area contributed by atoms with Gasteiger partial charge in [-0.2, -0.15) is 0 Å². The molecule has 6 nitrogen and oxygen atoms in total. The molecular formula is C18H28N2O4. The number of aryl methyl sites for hydroxylation is 1. The van der Waals surface area contributed by atoms with Gasteiger partial charge >= 0.3 is 5.97 Å². The lowest BCUT2D eigenvalue weighted by Gasteiger charge is -2.27. The molecule has 0 saturated carbocycles. The van der Waals surface area contributed by atoms with Crippen LogP contribution in [-0.2, 0) is 9.53 Å². The minimum Gasteiger partial charge on any atom is -0.481 e. The van der Waals surface area contributed by atoms with Gasteiger partial charge in [-0.15, -0.1) is 0 Å². The summed E-state index contributed by atoms with van der Waals surface area (Å²) in [4.78, 5) is 24.1. The molecule has 0 radical (unpaired) electrons. The molecule has 2 N–H and O–H groups in total. The normalized spacial score (nSPS) is 17.0. The number of hydrogen-bond donors (Lipinski definition) is 2. The van der Waals surface area contributed by atoms with Gasteiger partial charge in [0.1, 0.15) is 0 Å². The highest BCUT2D eigenvalue weighted by Crippen LogP contribution is 2.24. The van der Waals surface area contributed by atoms with Gasteiger partial charge in [-0.3, -0.25) is 9.59 Å². The molecule has 1 aromatic rings. The lowest BCUT2D eigenvalue weighted by molar-refractivity contribution is -0.144. The number of nitrogens with zero attached hydrogens (tertiary/aromatic N) is 1. The highest BCUT2D eigenvalue weighted by molar-refractivity contribution is 5.96. The van der Waals surface area contributed by atoms with Crippen LogP contribution in [0, 0.1) is 25.7 Å². The maximum atomic E-state index is 12.5. The molecule has 2 heterocycles. The Morgan fingerprint density at radius 2 is 1.96 bits per heavy atom. The van der Waals surface area contributed by atoms with E-state index in [0.29, 0.717) is 18.8 Å². The van der Waals surface area contributed by atoms with E-state index in [1.165, 1.54) is 0 Å². The summed E-state index contributed by atoms with van der Waals surface area (Å²) in [5, 5.41) is 12.3. The van der Waals surface area contributed by atoms with Gasteiger partial charge in [-0.1, -0.05) is 0 Å². The lowest BCUT2D eigenvalue weighted by Crippen LogP contribution is -2.39. The van der Waals surface area contributed by atoms with Crippen LogP contribution in [0.1, 0.15) is 54.5 Å². The molecule has 2 rings (SSSR count). The van der Waals surface area contributed by atoms with Crippen molar-refractivity contribution in [1.29, 1.82) is 0 Å². The van der Waals surface area contributed by atoms with E-state index in [4.69, 9.17) is 4.74 Å². The smallest absolute Gasteiger partial charge is 0.308 e. The summed E-state index contributed by atoms with van der Waals surface area (Å²) in [7, 11) is 0. The third-order valence-corrected chi connectivity index (χ3v) is 4.88. The molecule has 6 heteroatoms. The summed E-state index contributed by atoms with van der Waals surface area (Å²) in [6, 6.07) is 2.15. The monoisotopic (exact) mass is 336 g/mol. The van der Waals surface area contributed by atoms with Crippen molar-refractivity contribution in [3.63, 3.8) is 0 Å². The van der Waals surface area contributed by atoms with Crippen molar-refractivity contribution in [3.05, 3.63) is 23.0 Å². The number of ether oxygens (including phenoxy) is 1. The third kappa shape index (κ3) is 3.98. The third-order valence-electron chi connectivity index (χ3n) is 4.88. The number of nitrogens with one attached hydrogen (secondary N) is 1. The lowest BCUT2D eigenvalue weighted by atomic mass is 9.86. The van der Waals surface area contributed by atoms with Crippen molar-refractivity contribution >= 4 is 11.9 Å². The summed E-state index contributed by atoms with van der Waals surface area (Å²) in [5.41, 5.74) is 2.57. The van der Waals surface area contributed by atoms with Crippen molar-refractivity contribution in [3.8, 4) is 0 Å². The number of aliphatic carboxylic acids is 1. The molecule has 1 aliphatic heterocycles. The Bertz CT molecular complexity index is 600. The standard InChI is InChI=1S/C18H28N2O4/c1-11(2)20-12(3)9-15(13(20)4)17(21)19-10-16(18(22)23)14-5-7-24-8-6-14/h9,11,14,16H,5-8,10H2,1-4H3,(H,19,21)(H,22,23). The Kier molecular flexibility index (Phi) is 6.04. The Hall–Kier alpha value is -1.82. The van der Waals surface area contributed by atoms with Crippen molar-refractivity contribution in [2.24, 2.45) is 11.8 Å². The molecule has 0 spiro atoms. The average molecular weight is 336 g/mol. The van der Waals surface area contributed by atoms with Crippen molar-refractivity contribution in [2.75, 3.05) is 19.8 Å². The summed E-state index contributed by atoms with van der Waals surface area (Å²) >= 11 is 0. The highest BCUT2D eigenvalue weighted by Gasteiger charge is 2.30. The molecule has 0 aliphatic carbocycles. The molecule has 1 saturated heterocycles. The minimum absolute atomic E-state index is 0.0552. The van der Waals surface area contributed by atoms with Gasteiger partial charge in [-0.25, -0.2) is 0 Å². The fourth-order valence-corrected chi connectivity index (χ4v) is 3.67. The number of hydrogen-bond acceptors (Lipinski definition) is 3. The van der Waals surface area contributed by atoms with Gasteiger partial charge in [0.2, 0.25) is 0 Å². The van der Waals surface area contributed by atoms with Gasteiger partial charge in [0.25, 0.3) is 5.91 Å². The Balaban J connectivity index is 2.06. The Labute approximate surface area is 143 Å². The predicted octanol–water partition coefficient (Wildman–Crippen LogP) is 2.54. The van der Waals surface area contributed by atoms with E-state index in [1.54, 1.807) is 0 Å². The number of aromatic nitrogens is 1. The van der Waals surface area contributed by atoms with Gasteiger partial charge in [0, 0.05) is 37.2 Å². The van der Waals surface area contributed by atoms with Crippen molar-refractivity contribution in [2.45, 2.75) is 46.6 Å². The molecule has 1 fully saturated rings. The van der Waals surface area contributed by atoms with E-state index in [1.807, 2.05) is 19.9 Å². The number of carboxylic acids is 1. The molecule has 1 aliphatic rings. The summed E-state index contributed by atoms with van der Waals surface area (Å²) < 4.78 is 7.41. The van der Waals surface area contributed by atoms with Crippen LogP contribution < -0.4 is 5.32 Å². The Morgan fingerprint density at radius 3 is 2.46 bits per heavy atom. The van der Waals surface area contributed by atoms with Crippen LogP contribution in [0.25, 0.3) is 0 Å². The van der Waals surface area contributed by atoms with Crippen molar-refractivity contribution in [1.82, 2.24) is 9.88 Å². The first-order chi connectivity index (χ1) is 11.3. The molecule has 24 heavy (non-hydrogen) atoms. The molecule has 1 atom stereocenters. The van der Waals surface area contributed by atoms with Crippen LogP contribution in [-0.4, -0.2) is 41.3 Å². The summed E-state index contributed by atoms with van der Waals surface area (Å²) in [6.45, 7) is 9.40. The second-order valence-electron chi connectivity index (χ2n) is 6.85. The van der Waals surface area contributed by atoms with Crippen LogP contribution in [0.3, 0.4) is 0 Å². The maximum absolute atomic E-state index is 12.5. The largest absolute Gasteiger partial charge is 0.481 e. The van der Waals surface area contributed by atoms with Gasteiger partial charge in [-0.05, 0) is 52.5 Å². The molecule has 0 bridgehead atoms. The number of carbonyl (C=O) groups excluding carboxylic acids is 1. The summed E-state index contributed by atoms with van der Waals surface area (Å²) in [5.74, 6) is -1.56. The van der Waals surface area contributed by atoms with Crippen LogP contribution in [0.4, 0.5) is 0 Å². The second kappa shape index (κ2) is 7.83. The maximum Gasteiger partial charge on any atom is 0.308 e. The minimum atomic E-state index is -0.852. The number of amides is 1. The zero-order valence-corrected chi connectivity index (χ0v) is 15.0. The van der Waals surface area contributed by atoms with Gasteiger partial charge in [0.15, 0.2) is 0 Å². The molecule has 134 valence electrons. The first kappa shape index (κ1) is 18.5. The fraction of sp³-hybridized carbons (Fsp3) is 0.667. The average Bonchev–Trinajstić information content (AvgIpc) is 2.83. The van der Waals surface area contributed by atoms with E-state index in [0.717, 1.165) is 24.2 Å². The van der Waals surface area contributed by atoms with Crippen LogP contribution >= 0.6 is 0 Å². The zero-order chi connectivity index (χ0) is 17.9. The second-order valence-corrected chi connectivity index (χ2v) is 6.85. The first-order valence-electron chi connectivity index (χ1n) is 8.60. The fourth-order valence-electron chi connectivity index (χ4n) is 3.67. The quantitative estimate of drug-likeness (QED) is 0.836. The first-order valence-corrected chi connectivity index (χ1v) is 8.60. The predicted molar refractivity (Wildman–Crippen MR) is 91.3 cm³/mol. The molecule has 1 amide bonds. The molecule has 1 aromatic heterocycles. The van der Waals surface area contributed by atoms with E-state index in [2.05, 4.69) is 23.7 Å². The van der Waals surface area contributed by atoms with E-state index in [9.17, 15) is 14.7 Å². The van der Waals surface area contributed by atoms with E-state index < -0.39 is 11.9 Å². The van der Waals surface area contributed by atoms with Crippen LogP contribution in [0.2, 0.25) is 0 Å². The topological polar surface area (TPSA) is 80.6 Å². The van der Waals surface area contributed by atoms with E-state index >= 15 is 0 Å². The van der Waals surface area contributed by atoms with E-state index in [-0.39, 0.29) is 24.4 Å². The Morgan fingerprint density at radius 1 is 1.33 bits per heavy atom. The van der Waals surface area contributed by atoms with Gasteiger partial charge in [0.05, 0.1) is 11.5 Å². The molecule has 1 unspecified atom stereocenters. The number of carboxylic acid groups (broad SMARTS) is 1. The number of rotatable bonds is 6. The highest BCUT2D eigenvalue weighted by atomic mass is 16.5. The number of carbonyl (C=O) groups is 2. The van der Waals surface area contributed by atoms with Crippen molar-refractivity contribution < 1.29 is 19.4 Å². The van der Waals surface area contributed by atoms with Crippen LogP contribution in [0.5, 0.6) is 0 Å². The van der Waals surface area contributed by atoms with Crippen LogP contribution in [0.15, 0.2) is 6.07 Å². The zero-order valence-electron chi connectivity index (χ0n) is 15.0. The molecular weight excluding hydrogens is 308 g/mol. The molecule has 0 aromatic carbocycles.